The number of hydrogen-bond donors (Lipinski definition) is 1. The first-order chi connectivity index (χ1) is 10.5. The molecule has 1 rings (SSSR count). The van der Waals surface area contributed by atoms with E-state index >= 15 is 0 Å². The van der Waals surface area contributed by atoms with Crippen LogP contribution >= 0.6 is 0 Å². The lowest BCUT2D eigenvalue weighted by atomic mass is 9.93. The van der Waals surface area contributed by atoms with Crippen LogP contribution in [-0.2, 0) is 19.1 Å². The molecule has 0 aliphatic heterocycles. The predicted octanol–water partition coefficient (Wildman–Crippen LogP) is 1.42. The van der Waals surface area contributed by atoms with Crippen LogP contribution in [0.3, 0.4) is 0 Å². The Morgan fingerprint density at radius 1 is 1.48 bits per heavy atom. The van der Waals surface area contributed by atoms with Crippen LogP contribution in [0.4, 0.5) is 0 Å². The van der Waals surface area contributed by atoms with E-state index in [4.69, 9.17) is 6.11 Å². The first kappa shape index (κ1) is 15.7. The zero-order valence-corrected chi connectivity index (χ0v) is 12.3. The molecule has 0 aromatic carbocycles. The van der Waals surface area contributed by atoms with Gasteiger partial charge in [0.1, 0.15) is 12.0 Å². The third-order valence-corrected chi connectivity index (χ3v) is 3.50. The molecule has 0 heterocycles. The molecular weight excluding hydrogens is 274 g/mol. The fourth-order valence-corrected chi connectivity index (χ4v) is 2.50. The molecule has 0 spiro atoms. The highest BCUT2D eigenvalue weighted by Crippen LogP contribution is 2.24. The summed E-state index contributed by atoms with van der Waals surface area (Å²) in [5, 5.41) is 9.32. The Labute approximate surface area is 126 Å². The minimum absolute atomic E-state index is 0.188. The second kappa shape index (κ2) is 9.32. The molecule has 1 fully saturated rings. The molecule has 0 amide bonds. The zero-order valence-electron chi connectivity index (χ0n) is 13.3. The van der Waals surface area contributed by atoms with Crippen molar-refractivity contribution >= 4 is 17.9 Å². The van der Waals surface area contributed by atoms with Crippen molar-refractivity contribution in [1.82, 2.24) is 4.90 Å². The minimum atomic E-state index is -1.46. The summed E-state index contributed by atoms with van der Waals surface area (Å²) in [6, 6.07) is -1.56. The summed E-state index contributed by atoms with van der Waals surface area (Å²) in [6.45, 7) is 0.564. The van der Waals surface area contributed by atoms with Crippen molar-refractivity contribution in [2.75, 3.05) is 13.1 Å². The Morgan fingerprint density at radius 2 is 2.14 bits per heavy atom. The van der Waals surface area contributed by atoms with Crippen LogP contribution < -0.4 is 0 Å². The highest BCUT2D eigenvalue weighted by atomic mass is 16.5. The lowest BCUT2D eigenvalue weighted by Gasteiger charge is -2.35. The lowest BCUT2D eigenvalue weighted by molar-refractivity contribution is -0.149. The maximum atomic E-state index is 12.0. The van der Waals surface area contributed by atoms with Crippen LogP contribution in [0, 0.1) is 0 Å². The summed E-state index contributed by atoms with van der Waals surface area (Å²) in [4.78, 5) is 35.3. The number of carbonyl (C=O) groups is 2. The molecule has 1 saturated carbocycles. The van der Waals surface area contributed by atoms with Crippen LogP contribution in [0.1, 0.15) is 46.8 Å². The van der Waals surface area contributed by atoms with Crippen molar-refractivity contribution in [3.63, 3.8) is 0 Å². The smallest absolute Gasteiger partial charge is 0.325 e. The fourth-order valence-electron chi connectivity index (χ4n) is 2.50. The van der Waals surface area contributed by atoms with E-state index in [2.05, 4.69) is 0 Å². The van der Waals surface area contributed by atoms with Crippen LogP contribution in [0.25, 0.3) is 0 Å². The Kier molecular flexibility index (Phi) is 6.98. The normalized spacial score (nSPS) is 19.2. The molecule has 2 atom stereocenters. The van der Waals surface area contributed by atoms with Gasteiger partial charge in [-0.15, -0.1) is 0 Å². The van der Waals surface area contributed by atoms with E-state index in [0.29, 0.717) is 19.3 Å². The summed E-state index contributed by atoms with van der Waals surface area (Å²) in [6.07, 6.45) is 5.75. The summed E-state index contributed by atoms with van der Waals surface area (Å²) in [7, 11) is 0. The molecule has 1 N–H and O–H groups in total. The van der Waals surface area contributed by atoms with E-state index < -0.39 is 24.5 Å². The number of carbonyl (C=O) groups excluding carboxylic acids is 2. The molecule has 0 radical (unpaired) electrons. The van der Waals surface area contributed by atoms with Crippen molar-refractivity contribution in [2.45, 2.75) is 57.5 Å². The molecule has 21 heavy (non-hydrogen) atoms. The summed E-state index contributed by atoms with van der Waals surface area (Å²) in [5.74, 6) is -0.576. The summed E-state index contributed by atoms with van der Waals surface area (Å²) in [5.41, 5.74) is 0. The second-order valence-corrected chi connectivity index (χ2v) is 5.10. The number of rotatable bonds is 8. The van der Waals surface area contributed by atoms with Gasteiger partial charge in [-0.1, -0.05) is 26.2 Å². The van der Waals surface area contributed by atoms with Gasteiger partial charge in [-0.25, -0.2) is 4.79 Å². The van der Waals surface area contributed by atoms with E-state index in [-0.39, 0.29) is 12.6 Å². The molecule has 0 bridgehead atoms. The van der Waals surface area contributed by atoms with Gasteiger partial charge >= 0.3 is 11.9 Å². The zero-order chi connectivity index (χ0) is 16.5. The molecule has 6 heteroatoms. The lowest BCUT2D eigenvalue weighted by Crippen LogP contribution is -2.49. The summed E-state index contributed by atoms with van der Waals surface area (Å²) >= 11 is 0. The number of hydrogen-bond acceptors (Lipinski definition) is 5. The number of aliphatic carboxylic acids is 1. The second-order valence-electron chi connectivity index (χ2n) is 5.10. The number of carboxylic acid groups (broad SMARTS) is 1. The highest BCUT2D eigenvalue weighted by molar-refractivity contribution is 5.80. The molecule has 0 saturated heterocycles. The van der Waals surface area contributed by atoms with Gasteiger partial charge < -0.3 is 9.84 Å². The third kappa shape index (κ3) is 5.69. The maximum Gasteiger partial charge on any atom is 0.325 e. The van der Waals surface area contributed by atoms with Gasteiger partial charge in [-0.2, -0.15) is 0 Å². The van der Waals surface area contributed by atoms with Crippen molar-refractivity contribution in [1.29, 1.82) is 0 Å². The first-order valence-electron chi connectivity index (χ1n) is 7.90. The average molecular weight is 298 g/mol. The van der Waals surface area contributed by atoms with Crippen molar-refractivity contribution in [2.24, 2.45) is 0 Å². The first-order valence-corrected chi connectivity index (χ1v) is 7.33. The number of esters is 1. The van der Waals surface area contributed by atoms with E-state index in [0.717, 1.165) is 25.3 Å². The molecule has 6 nitrogen and oxygen atoms in total. The SMILES string of the molecule is [2H]C(C(=O)OCCC)N(C1CCCCC1)[C@@H](C=C=O)C(=O)O. The molecule has 1 unspecified atom stereocenters. The quantitative estimate of drug-likeness (QED) is 0.539. The minimum Gasteiger partial charge on any atom is -0.480 e. The molecular formula is C15H23NO5. The number of nitrogens with zero attached hydrogens (tertiary/aromatic N) is 1. The monoisotopic (exact) mass is 298 g/mol. The number of ether oxygens (including phenoxy) is 1. The van der Waals surface area contributed by atoms with E-state index in [1.807, 2.05) is 6.92 Å². The molecule has 1 aliphatic carbocycles. The number of carboxylic acids is 1. The van der Waals surface area contributed by atoms with Gasteiger partial charge in [0, 0.05) is 12.1 Å². The van der Waals surface area contributed by atoms with Gasteiger partial charge in [0.25, 0.3) is 0 Å². The topological polar surface area (TPSA) is 83.9 Å². The van der Waals surface area contributed by atoms with Crippen LogP contribution in [0.5, 0.6) is 0 Å². The van der Waals surface area contributed by atoms with E-state index in [9.17, 15) is 19.5 Å². The Hall–Kier alpha value is -1.65. The average Bonchev–Trinajstić information content (AvgIpc) is 2.52. The third-order valence-electron chi connectivity index (χ3n) is 3.50. The van der Waals surface area contributed by atoms with Gasteiger partial charge in [-0.05, 0) is 19.3 Å². The van der Waals surface area contributed by atoms with Crippen LogP contribution in [0.15, 0.2) is 6.08 Å². The van der Waals surface area contributed by atoms with E-state index in [1.54, 1.807) is 0 Å². The van der Waals surface area contributed by atoms with Gasteiger partial charge in [0.05, 0.1) is 14.5 Å². The fraction of sp³-hybridized carbons (Fsp3) is 0.733. The van der Waals surface area contributed by atoms with Crippen molar-refractivity contribution in [3.05, 3.63) is 6.08 Å². The Morgan fingerprint density at radius 3 is 2.67 bits per heavy atom. The molecule has 1 aliphatic rings. The maximum absolute atomic E-state index is 12.0. The van der Waals surface area contributed by atoms with Gasteiger partial charge in [0.15, 0.2) is 0 Å². The van der Waals surface area contributed by atoms with Gasteiger partial charge in [0.2, 0.25) is 0 Å². The van der Waals surface area contributed by atoms with Crippen molar-refractivity contribution in [3.8, 4) is 0 Å². The molecule has 0 aromatic rings. The molecule has 0 aromatic heterocycles. The highest BCUT2D eigenvalue weighted by Gasteiger charge is 2.32. The van der Waals surface area contributed by atoms with Gasteiger partial charge in [-0.3, -0.25) is 14.5 Å². The largest absolute Gasteiger partial charge is 0.480 e. The Balaban J connectivity index is 3.00. The van der Waals surface area contributed by atoms with Crippen LogP contribution in [-0.4, -0.2) is 53.1 Å². The van der Waals surface area contributed by atoms with E-state index in [1.165, 1.54) is 10.8 Å². The van der Waals surface area contributed by atoms with Crippen LogP contribution in [0.2, 0.25) is 0 Å². The van der Waals surface area contributed by atoms with Crippen molar-refractivity contribution < 1.29 is 25.6 Å². The molecule has 118 valence electrons. The standard InChI is InChI=1S/C15H23NO5/c1-2-10-21-14(18)11-16(12-6-4-3-5-7-12)13(8-9-17)15(19)20/h8,12-13H,2-7,10-11H2,1H3,(H,19,20)/t13-/m0/s1/i11D/t11?,13-. The Bertz CT molecular complexity index is 428. The summed E-state index contributed by atoms with van der Waals surface area (Å²) < 4.78 is 13.0. The predicted molar refractivity (Wildman–Crippen MR) is 76.5 cm³/mol.